The van der Waals surface area contributed by atoms with E-state index >= 15 is 0 Å². The molecule has 0 saturated carbocycles. The molecule has 0 amide bonds. The molecule has 0 fully saturated rings. The normalized spacial score (nSPS) is 16.3. The van der Waals surface area contributed by atoms with Crippen molar-refractivity contribution in [2.75, 3.05) is 6.61 Å². The van der Waals surface area contributed by atoms with Crippen LogP contribution >= 0.6 is 0 Å². The molecule has 1 unspecified atom stereocenters. The quantitative estimate of drug-likeness (QED) is 0.182. The van der Waals surface area contributed by atoms with Gasteiger partial charge in [0.1, 0.15) is 6.10 Å². The average Bonchev–Trinajstić information content (AvgIpc) is 2.63. The van der Waals surface area contributed by atoms with Crippen LogP contribution in [0.5, 0.6) is 0 Å². The zero-order chi connectivity index (χ0) is 20.5. The van der Waals surface area contributed by atoms with Gasteiger partial charge in [0, 0.05) is 13.0 Å². The van der Waals surface area contributed by atoms with Crippen LogP contribution < -0.4 is 0 Å². The van der Waals surface area contributed by atoms with Crippen LogP contribution in [0.3, 0.4) is 0 Å². The molecule has 0 aliphatic rings. The molecule has 0 spiro atoms. The molecule has 3 atom stereocenters. The van der Waals surface area contributed by atoms with Crippen LogP contribution in [-0.2, 0) is 4.79 Å². The molecule has 27 heavy (non-hydrogen) atoms. The first-order valence-corrected chi connectivity index (χ1v) is 10.5. The number of aliphatic hydroxyl groups excluding tert-OH is 3. The molecule has 0 radical (unpaired) electrons. The fourth-order valence-corrected chi connectivity index (χ4v) is 3.06. The van der Waals surface area contributed by atoms with Gasteiger partial charge in [-0.1, -0.05) is 70.4 Å². The largest absolute Gasteiger partial charge is 0.479 e. The summed E-state index contributed by atoms with van der Waals surface area (Å²) in [5.74, 6) is -1.54. The number of aliphatic hydroxyl groups is 4. The van der Waals surface area contributed by atoms with Crippen LogP contribution in [0.25, 0.3) is 0 Å². The third-order valence-corrected chi connectivity index (χ3v) is 4.97. The number of carbonyl (C=O) groups is 1. The number of carboxylic acid groups (broad SMARTS) is 1. The number of aliphatic carboxylic acids is 1. The lowest BCUT2D eigenvalue weighted by Gasteiger charge is -2.25. The highest BCUT2D eigenvalue weighted by molar-refractivity contribution is 5.78. The Hall–Kier alpha value is -0.950. The summed E-state index contributed by atoms with van der Waals surface area (Å²) >= 11 is 0. The maximum atomic E-state index is 11.1. The Morgan fingerprint density at radius 2 is 1.52 bits per heavy atom. The van der Waals surface area contributed by atoms with Gasteiger partial charge < -0.3 is 25.5 Å². The summed E-state index contributed by atoms with van der Waals surface area (Å²) < 4.78 is 0. The summed E-state index contributed by atoms with van der Waals surface area (Å²) in [4.78, 5) is 11.1. The molecular weight excluding hydrogens is 348 g/mol. The molecule has 0 aromatic heterocycles. The van der Waals surface area contributed by atoms with E-state index in [4.69, 9.17) is 10.2 Å². The van der Waals surface area contributed by atoms with Crippen molar-refractivity contribution < 1.29 is 30.3 Å². The van der Waals surface area contributed by atoms with Crippen molar-refractivity contribution in [3.63, 3.8) is 0 Å². The highest BCUT2D eigenvalue weighted by Crippen LogP contribution is 2.18. The lowest BCUT2D eigenvalue weighted by molar-refractivity contribution is -0.170. The molecule has 0 saturated heterocycles. The first-order valence-electron chi connectivity index (χ1n) is 10.5. The molecule has 0 bridgehead atoms. The Morgan fingerprint density at radius 1 is 0.963 bits per heavy atom. The van der Waals surface area contributed by atoms with Gasteiger partial charge in [-0.2, -0.15) is 0 Å². The van der Waals surface area contributed by atoms with Crippen LogP contribution in [0.4, 0.5) is 0 Å². The number of carboxylic acids is 1. The lowest BCUT2D eigenvalue weighted by Crippen LogP contribution is -2.49. The average molecular weight is 389 g/mol. The van der Waals surface area contributed by atoms with Crippen molar-refractivity contribution in [1.82, 2.24) is 0 Å². The zero-order valence-electron chi connectivity index (χ0n) is 16.9. The van der Waals surface area contributed by atoms with Crippen LogP contribution in [0.1, 0.15) is 90.4 Å². The van der Waals surface area contributed by atoms with E-state index in [0.29, 0.717) is 6.42 Å². The van der Waals surface area contributed by atoms with Crippen LogP contribution in [0.15, 0.2) is 12.2 Å². The van der Waals surface area contributed by atoms with Gasteiger partial charge >= 0.3 is 5.97 Å². The zero-order valence-corrected chi connectivity index (χ0v) is 16.9. The van der Waals surface area contributed by atoms with Crippen molar-refractivity contribution in [1.29, 1.82) is 0 Å². The standard InChI is InChI=1S/C21H40O6/c1-2-3-4-7-10-13-18(23)14-11-8-5-6-9-12-15-19(24)21(27,16-17-22)20(25)26/h12,15,18-19,22-24,27H,2-11,13-14,16-17H2,1H3,(H,25,26)/b15-12+/t18?,19-,21-/m0/s1. The summed E-state index contributed by atoms with van der Waals surface area (Å²) in [6.45, 7) is 1.68. The van der Waals surface area contributed by atoms with Crippen LogP contribution in [0.2, 0.25) is 0 Å². The first kappa shape index (κ1) is 26.1. The molecule has 6 nitrogen and oxygen atoms in total. The van der Waals surface area contributed by atoms with E-state index in [1.54, 1.807) is 6.08 Å². The summed E-state index contributed by atoms with van der Waals surface area (Å²) in [5, 5.41) is 47.5. The maximum absolute atomic E-state index is 11.1. The van der Waals surface area contributed by atoms with Gasteiger partial charge in [0.05, 0.1) is 6.10 Å². The highest BCUT2D eigenvalue weighted by Gasteiger charge is 2.41. The first-order chi connectivity index (χ1) is 12.9. The number of hydrogen-bond donors (Lipinski definition) is 5. The van der Waals surface area contributed by atoms with Gasteiger partial charge in [-0.3, -0.25) is 0 Å². The molecule has 160 valence electrons. The SMILES string of the molecule is CCCCCCCC(O)CCCCCC/C=C/[C@H](O)[C@@](O)(CCO)C(=O)O. The molecule has 6 heteroatoms. The second kappa shape index (κ2) is 16.0. The summed E-state index contributed by atoms with van der Waals surface area (Å²) in [6.07, 6.45) is 13.2. The van der Waals surface area contributed by atoms with Gasteiger partial charge in [-0.25, -0.2) is 4.79 Å². The topological polar surface area (TPSA) is 118 Å². The van der Waals surface area contributed by atoms with Crippen molar-refractivity contribution >= 4 is 5.97 Å². The summed E-state index contributed by atoms with van der Waals surface area (Å²) in [5.41, 5.74) is -2.35. The van der Waals surface area contributed by atoms with E-state index in [1.165, 1.54) is 31.8 Å². The minimum absolute atomic E-state index is 0.193. The van der Waals surface area contributed by atoms with Crippen molar-refractivity contribution in [2.45, 2.75) is 108 Å². The number of unbranched alkanes of at least 4 members (excludes halogenated alkanes) is 8. The minimum atomic E-state index is -2.35. The summed E-state index contributed by atoms with van der Waals surface area (Å²) in [7, 11) is 0. The van der Waals surface area contributed by atoms with Gasteiger partial charge in [-0.15, -0.1) is 0 Å². The number of rotatable bonds is 18. The Kier molecular flexibility index (Phi) is 15.5. The van der Waals surface area contributed by atoms with Crippen molar-refractivity contribution in [2.24, 2.45) is 0 Å². The molecule has 0 aliphatic carbocycles. The van der Waals surface area contributed by atoms with Gasteiger partial charge in [0.2, 0.25) is 0 Å². The van der Waals surface area contributed by atoms with Gasteiger partial charge in [0.15, 0.2) is 5.60 Å². The van der Waals surface area contributed by atoms with Gasteiger partial charge in [0.25, 0.3) is 0 Å². The Labute approximate surface area is 163 Å². The molecule has 0 rings (SSSR count). The highest BCUT2D eigenvalue weighted by atomic mass is 16.4. The Bertz CT molecular complexity index is 398. The third kappa shape index (κ3) is 12.2. The smallest absolute Gasteiger partial charge is 0.338 e. The molecular formula is C21H40O6. The van der Waals surface area contributed by atoms with E-state index in [-0.39, 0.29) is 6.10 Å². The molecule has 5 N–H and O–H groups in total. The molecule has 0 aliphatic heterocycles. The molecule has 0 aromatic carbocycles. The fourth-order valence-electron chi connectivity index (χ4n) is 3.06. The van der Waals surface area contributed by atoms with Gasteiger partial charge in [-0.05, 0) is 25.7 Å². The fraction of sp³-hybridized carbons (Fsp3) is 0.857. The summed E-state index contributed by atoms with van der Waals surface area (Å²) in [6, 6.07) is 0. The Balaban J connectivity index is 3.76. The van der Waals surface area contributed by atoms with E-state index in [9.17, 15) is 20.1 Å². The number of allylic oxidation sites excluding steroid dienone is 1. The van der Waals surface area contributed by atoms with Crippen LogP contribution in [-0.4, -0.2) is 55.9 Å². The predicted octanol–water partition coefficient (Wildman–Crippen LogP) is 3.16. The Morgan fingerprint density at radius 3 is 2.04 bits per heavy atom. The predicted molar refractivity (Wildman–Crippen MR) is 107 cm³/mol. The van der Waals surface area contributed by atoms with Crippen molar-refractivity contribution in [3.8, 4) is 0 Å². The molecule has 0 heterocycles. The molecule has 0 aromatic rings. The van der Waals surface area contributed by atoms with E-state index in [1.807, 2.05) is 0 Å². The monoisotopic (exact) mass is 388 g/mol. The van der Waals surface area contributed by atoms with Crippen molar-refractivity contribution in [3.05, 3.63) is 12.2 Å². The van der Waals surface area contributed by atoms with E-state index < -0.39 is 30.7 Å². The second-order valence-corrected chi connectivity index (χ2v) is 7.42. The van der Waals surface area contributed by atoms with Crippen LogP contribution in [0, 0.1) is 0 Å². The van der Waals surface area contributed by atoms with E-state index in [2.05, 4.69) is 6.92 Å². The second-order valence-electron chi connectivity index (χ2n) is 7.42. The number of hydrogen-bond acceptors (Lipinski definition) is 5. The maximum Gasteiger partial charge on any atom is 0.338 e. The third-order valence-electron chi connectivity index (χ3n) is 4.97. The van der Waals surface area contributed by atoms with E-state index in [0.717, 1.165) is 44.9 Å². The lowest BCUT2D eigenvalue weighted by atomic mass is 9.92. The minimum Gasteiger partial charge on any atom is -0.479 e.